The van der Waals surface area contributed by atoms with E-state index in [-0.39, 0.29) is 18.8 Å². The fourth-order valence-electron chi connectivity index (χ4n) is 2.11. The molecule has 1 rings (SSSR count). The third-order valence-electron chi connectivity index (χ3n) is 3.98. The van der Waals surface area contributed by atoms with Crippen molar-refractivity contribution < 1.29 is 14.9 Å². The summed E-state index contributed by atoms with van der Waals surface area (Å²) in [5, 5.41) is 22.4. The monoisotopic (exact) mass is 295 g/mol. The van der Waals surface area contributed by atoms with E-state index in [4.69, 9.17) is 9.84 Å². The lowest BCUT2D eigenvalue weighted by Gasteiger charge is -2.30. The molecule has 0 radical (unpaired) electrons. The minimum atomic E-state index is -0.575. The van der Waals surface area contributed by atoms with Gasteiger partial charge in [-0.2, -0.15) is 0 Å². The number of aryl methyl sites for hydroxylation is 2. The molecule has 2 unspecified atom stereocenters. The van der Waals surface area contributed by atoms with Crippen molar-refractivity contribution in [3.63, 3.8) is 0 Å². The predicted molar refractivity (Wildman–Crippen MR) is 85.8 cm³/mol. The summed E-state index contributed by atoms with van der Waals surface area (Å²) in [7, 11) is 0. The number of hydrogen-bond acceptors (Lipinski definition) is 4. The second-order valence-electron chi connectivity index (χ2n) is 6.00. The van der Waals surface area contributed by atoms with Gasteiger partial charge in [-0.25, -0.2) is 0 Å². The summed E-state index contributed by atoms with van der Waals surface area (Å²) >= 11 is 0. The first-order chi connectivity index (χ1) is 9.90. The Labute approximate surface area is 128 Å². The van der Waals surface area contributed by atoms with Gasteiger partial charge in [-0.1, -0.05) is 19.1 Å². The van der Waals surface area contributed by atoms with E-state index in [2.05, 4.69) is 19.2 Å². The van der Waals surface area contributed by atoms with Crippen LogP contribution in [-0.4, -0.2) is 41.6 Å². The van der Waals surface area contributed by atoms with Gasteiger partial charge < -0.3 is 20.3 Å². The summed E-state index contributed by atoms with van der Waals surface area (Å²) in [6.07, 6.45) is 1.00. The highest BCUT2D eigenvalue weighted by atomic mass is 16.5. The van der Waals surface area contributed by atoms with Gasteiger partial charge in [0.25, 0.3) is 0 Å². The average molecular weight is 295 g/mol. The molecule has 21 heavy (non-hydrogen) atoms. The Kier molecular flexibility index (Phi) is 7.15. The van der Waals surface area contributed by atoms with Gasteiger partial charge in [-0.05, 0) is 50.8 Å². The van der Waals surface area contributed by atoms with Crippen LogP contribution in [0.3, 0.4) is 0 Å². The summed E-state index contributed by atoms with van der Waals surface area (Å²) in [4.78, 5) is 0. The zero-order valence-corrected chi connectivity index (χ0v) is 13.6. The number of aliphatic hydroxyl groups is 2. The number of benzene rings is 1. The molecule has 0 aliphatic carbocycles. The maximum atomic E-state index is 10.0. The Morgan fingerprint density at radius 1 is 1.33 bits per heavy atom. The van der Waals surface area contributed by atoms with E-state index >= 15 is 0 Å². The molecule has 0 bridgehead atoms. The van der Waals surface area contributed by atoms with Gasteiger partial charge in [-0.3, -0.25) is 0 Å². The Morgan fingerprint density at radius 2 is 2.05 bits per heavy atom. The van der Waals surface area contributed by atoms with Crippen molar-refractivity contribution in [2.24, 2.45) is 0 Å². The zero-order valence-electron chi connectivity index (χ0n) is 13.6. The molecule has 1 aromatic rings. The molecule has 0 saturated heterocycles. The van der Waals surface area contributed by atoms with Crippen LogP contribution < -0.4 is 10.1 Å². The largest absolute Gasteiger partial charge is 0.491 e. The molecule has 1 aromatic carbocycles. The molecule has 4 nitrogen and oxygen atoms in total. The SMILES string of the molecule is CCC(C)(CCO)NCC(O)COc1cc(C)ccc1C. The van der Waals surface area contributed by atoms with E-state index in [1.54, 1.807) is 0 Å². The summed E-state index contributed by atoms with van der Waals surface area (Å²) in [5.41, 5.74) is 2.07. The Balaban J connectivity index is 2.43. The van der Waals surface area contributed by atoms with Crippen LogP contribution in [0, 0.1) is 13.8 Å². The zero-order chi connectivity index (χ0) is 15.9. The third-order valence-corrected chi connectivity index (χ3v) is 3.98. The second-order valence-corrected chi connectivity index (χ2v) is 6.00. The highest BCUT2D eigenvalue weighted by molar-refractivity contribution is 5.35. The maximum absolute atomic E-state index is 10.0. The van der Waals surface area contributed by atoms with Gasteiger partial charge in [-0.15, -0.1) is 0 Å². The van der Waals surface area contributed by atoms with Crippen LogP contribution in [0.15, 0.2) is 18.2 Å². The summed E-state index contributed by atoms with van der Waals surface area (Å²) in [5.74, 6) is 0.822. The minimum absolute atomic E-state index is 0.144. The van der Waals surface area contributed by atoms with Gasteiger partial charge in [0, 0.05) is 18.7 Å². The standard InChI is InChI=1S/C17H29NO3/c1-5-17(4,8-9-19)18-11-15(20)12-21-16-10-13(2)6-7-14(16)3/h6-7,10,15,18-20H,5,8-9,11-12H2,1-4H3. The first kappa shape index (κ1) is 18.0. The molecule has 120 valence electrons. The fourth-order valence-corrected chi connectivity index (χ4v) is 2.11. The van der Waals surface area contributed by atoms with Crippen LogP contribution >= 0.6 is 0 Å². The minimum Gasteiger partial charge on any atom is -0.491 e. The van der Waals surface area contributed by atoms with Crippen molar-refractivity contribution in [1.82, 2.24) is 5.32 Å². The lowest BCUT2D eigenvalue weighted by molar-refractivity contribution is 0.0931. The van der Waals surface area contributed by atoms with Crippen molar-refractivity contribution in [3.8, 4) is 5.75 Å². The van der Waals surface area contributed by atoms with Gasteiger partial charge in [0.15, 0.2) is 0 Å². The van der Waals surface area contributed by atoms with E-state index in [0.717, 1.165) is 23.3 Å². The molecule has 0 heterocycles. The smallest absolute Gasteiger partial charge is 0.122 e. The number of ether oxygens (including phenoxy) is 1. The molecular formula is C17H29NO3. The summed E-state index contributed by atoms with van der Waals surface area (Å²) in [6.45, 7) is 9.00. The molecule has 0 spiro atoms. The van der Waals surface area contributed by atoms with Crippen molar-refractivity contribution >= 4 is 0 Å². The lowest BCUT2D eigenvalue weighted by Crippen LogP contribution is -2.47. The maximum Gasteiger partial charge on any atom is 0.122 e. The highest BCUT2D eigenvalue weighted by Crippen LogP contribution is 2.19. The molecule has 0 saturated carbocycles. The molecule has 4 heteroatoms. The highest BCUT2D eigenvalue weighted by Gasteiger charge is 2.21. The number of nitrogens with one attached hydrogen (secondary N) is 1. The Bertz CT molecular complexity index is 436. The topological polar surface area (TPSA) is 61.7 Å². The molecule has 0 aliphatic heterocycles. The first-order valence-corrected chi connectivity index (χ1v) is 7.64. The van der Waals surface area contributed by atoms with Crippen molar-refractivity contribution in [2.45, 2.75) is 52.2 Å². The third kappa shape index (κ3) is 6.04. The molecule has 0 amide bonds. The fraction of sp³-hybridized carbons (Fsp3) is 0.647. The van der Waals surface area contributed by atoms with Crippen LogP contribution in [0.1, 0.15) is 37.8 Å². The molecule has 2 atom stereocenters. The van der Waals surface area contributed by atoms with Gasteiger partial charge in [0.1, 0.15) is 18.5 Å². The molecule has 3 N–H and O–H groups in total. The Hall–Kier alpha value is -1.10. The molecule has 0 aromatic heterocycles. The van der Waals surface area contributed by atoms with Crippen LogP contribution in [0.2, 0.25) is 0 Å². The summed E-state index contributed by atoms with van der Waals surface area (Å²) < 4.78 is 5.70. The quantitative estimate of drug-likeness (QED) is 0.653. The van der Waals surface area contributed by atoms with Crippen LogP contribution in [-0.2, 0) is 0 Å². The molecular weight excluding hydrogens is 266 g/mol. The average Bonchev–Trinajstić information content (AvgIpc) is 2.46. The second kappa shape index (κ2) is 8.37. The predicted octanol–water partition coefficient (Wildman–Crippen LogP) is 2.18. The van der Waals surface area contributed by atoms with Gasteiger partial charge >= 0.3 is 0 Å². The number of rotatable bonds is 9. The van der Waals surface area contributed by atoms with Gasteiger partial charge in [0.05, 0.1) is 0 Å². The lowest BCUT2D eigenvalue weighted by atomic mass is 9.95. The van der Waals surface area contributed by atoms with Gasteiger partial charge in [0.2, 0.25) is 0 Å². The van der Waals surface area contributed by atoms with Crippen molar-refractivity contribution in [3.05, 3.63) is 29.3 Å². The van der Waals surface area contributed by atoms with Crippen LogP contribution in [0.5, 0.6) is 5.75 Å². The number of aliphatic hydroxyl groups excluding tert-OH is 2. The van der Waals surface area contributed by atoms with Crippen LogP contribution in [0.4, 0.5) is 0 Å². The van der Waals surface area contributed by atoms with Crippen molar-refractivity contribution in [2.75, 3.05) is 19.8 Å². The van der Waals surface area contributed by atoms with E-state index in [0.29, 0.717) is 13.0 Å². The van der Waals surface area contributed by atoms with E-state index in [1.807, 2.05) is 32.0 Å². The normalized spacial score (nSPS) is 15.5. The van der Waals surface area contributed by atoms with E-state index < -0.39 is 6.10 Å². The number of β-amino-alcohol motifs (C(OH)–C–C–N with tert-alkyl or cyclic N) is 1. The van der Waals surface area contributed by atoms with Crippen LogP contribution in [0.25, 0.3) is 0 Å². The molecule has 0 aliphatic rings. The first-order valence-electron chi connectivity index (χ1n) is 7.64. The van der Waals surface area contributed by atoms with Crippen molar-refractivity contribution in [1.29, 1.82) is 0 Å². The summed E-state index contributed by atoms with van der Waals surface area (Å²) in [6, 6.07) is 6.05. The molecule has 0 fully saturated rings. The van der Waals surface area contributed by atoms with E-state index in [9.17, 15) is 5.11 Å². The Morgan fingerprint density at radius 3 is 2.67 bits per heavy atom. The van der Waals surface area contributed by atoms with E-state index in [1.165, 1.54) is 0 Å². The number of hydrogen-bond donors (Lipinski definition) is 3.